The molecule has 2 N–H and O–H groups in total. The number of nitrogens with one attached hydrogen (secondary N) is 2. The van der Waals surface area contributed by atoms with Crippen LogP contribution in [0.2, 0.25) is 0 Å². The summed E-state index contributed by atoms with van der Waals surface area (Å²) < 4.78 is 10.2. The van der Waals surface area contributed by atoms with E-state index in [2.05, 4.69) is 10.6 Å². The van der Waals surface area contributed by atoms with Crippen molar-refractivity contribution in [3.8, 4) is 11.5 Å². The summed E-state index contributed by atoms with van der Waals surface area (Å²) in [6, 6.07) is 13.1. The molecule has 1 fully saturated rings. The number of hydrogen-bond donors (Lipinski definition) is 2. The Balaban J connectivity index is 1.45. The molecule has 1 aliphatic heterocycles. The summed E-state index contributed by atoms with van der Waals surface area (Å²) in [5.41, 5.74) is 1.55. The SMILES string of the molecule is COc1ccc(CCNC(=O)CC[C@@H]2NC(=O)N(c3ccc(OC)cc3)C2=O)cc1. The molecule has 0 radical (unpaired) electrons. The Kier molecular flexibility index (Phi) is 6.90. The fraction of sp³-hybridized carbons (Fsp3) is 0.318. The lowest BCUT2D eigenvalue weighted by molar-refractivity contribution is -0.121. The number of carbonyl (C=O) groups excluding carboxylic acids is 3. The Morgan fingerprint density at radius 2 is 1.60 bits per heavy atom. The highest BCUT2D eigenvalue weighted by Gasteiger charge is 2.38. The van der Waals surface area contributed by atoms with Crippen LogP contribution in [0, 0.1) is 0 Å². The molecule has 1 atom stereocenters. The van der Waals surface area contributed by atoms with Crippen LogP contribution in [0.1, 0.15) is 18.4 Å². The number of ether oxygens (including phenoxy) is 2. The summed E-state index contributed by atoms with van der Waals surface area (Å²) in [7, 11) is 3.16. The van der Waals surface area contributed by atoms with Crippen molar-refractivity contribution in [2.24, 2.45) is 0 Å². The van der Waals surface area contributed by atoms with Crippen LogP contribution in [0.4, 0.5) is 10.5 Å². The number of rotatable bonds is 9. The Morgan fingerprint density at radius 1 is 1.00 bits per heavy atom. The standard InChI is InChI=1S/C22H25N3O5/c1-29-17-7-3-15(4-8-17)13-14-23-20(26)12-11-19-21(27)25(22(28)24-19)16-5-9-18(30-2)10-6-16/h3-10,19H,11-14H2,1-2H3,(H,23,26)(H,24,28)/t19-/m0/s1. The Morgan fingerprint density at radius 3 is 2.20 bits per heavy atom. The van der Waals surface area contributed by atoms with Crippen LogP contribution in [0.3, 0.4) is 0 Å². The molecule has 0 unspecified atom stereocenters. The predicted octanol–water partition coefficient (Wildman–Crippen LogP) is 2.27. The molecule has 8 heteroatoms. The van der Waals surface area contributed by atoms with Crippen molar-refractivity contribution >= 4 is 23.5 Å². The van der Waals surface area contributed by atoms with Crippen LogP contribution < -0.4 is 25.0 Å². The number of carbonyl (C=O) groups is 3. The van der Waals surface area contributed by atoms with E-state index in [0.29, 0.717) is 24.4 Å². The van der Waals surface area contributed by atoms with Gasteiger partial charge in [0.2, 0.25) is 5.91 Å². The summed E-state index contributed by atoms with van der Waals surface area (Å²) >= 11 is 0. The molecule has 3 rings (SSSR count). The number of methoxy groups -OCH3 is 2. The summed E-state index contributed by atoms with van der Waals surface area (Å²) in [6.07, 6.45) is 1.08. The molecule has 1 aliphatic rings. The van der Waals surface area contributed by atoms with Crippen LogP contribution in [-0.4, -0.2) is 44.7 Å². The zero-order valence-corrected chi connectivity index (χ0v) is 17.0. The smallest absolute Gasteiger partial charge is 0.329 e. The van der Waals surface area contributed by atoms with Gasteiger partial charge in [0.25, 0.3) is 5.91 Å². The molecule has 158 valence electrons. The molecule has 2 aromatic rings. The van der Waals surface area contributed by atoms with Gasteiger partial charge in [-0.15, -0.1) is 0 Å². The van der Waals surface area contributed by atoms with Crippen LogP contribution >= 0.6 is 0 Å². The third-order valence-electron chi connectivity index (χ3n) is 4.90. The lowest BCUT2D eigenvalue weighted by atomic mass is 10.1. The molecule has 0 spiro atoms. The van der Waals surface area contributed by atoms with Gasteiger partial charge in [-0.1, -0.05) is 12.1 Å². The van der Waals surface area contributed by atoms with E-state index in [1.54, 1.807) is 38.5 Å². The molecule has 0 aromatic heterocycles. The lowest BCUT2D eigenvalue weighted by Crippen LogP contribution is -2.33. The maximum Gasteiger partial charge on any atom is 0.329 e. The van der Waals surface area contributed by atoms with Gasteiger partial charge < -0.3 is 20.1 Å². The van der Waals surface area contributed by atoms with Crippen molar-refractivity contribution in [2.45, 2.75) is 25.3 Å². The normalized spacial score (nSPS) is 15.7. The molecule has 1 heterocycles. The fourth-order valence-corrected chi connectivity index (χ4v) is 3.20. The quantitative estimate of drug-likeness (QED) is 0.617. The van der Waals surface area contributed by atoms with Gasteiger partial charge in [-0.2, -0.15) is 0 Å². The van der Waals surface area contributed by atoms with Crippen molar-refractivity contribution in [3.05, 3.63) is 54.1 Å². The molecule has 8 nitrogen and oxygen atoms in total. The fourth-order valence-electron chi connectivity index (χ4n) is 3.20. The first-order chi connectivity index (χ1) is 14.5. The topological polar surface area (TPSA) is 97.0 Å². The number of hydrogen-bond acceptors (Lipinski definition) is 5. The molecular weight excluding hydrogens is 386 g/mol. The Labute approximate surface area is 175 Å². The summed E-state index contributed by atoms with van der Waals surface area (Å²) in [5.74, 6) is 0.896. The lowest BCUT2D eigenvalue weighted by Gasteiger charge is -2.13. The maximum atomic E-state index is 12.6. The second-order valence-corrected chi connectivity index (χ2v) is 6.86. The summed E-state index contributed by atoms with van der Waals surface area (Å²) in [6.45, 7) is 0.494. The van der Waals surface area contributed by atoms with E-state index in [0.717, 1.165) is 16.2 Å². The van der Waals surface area contributed by atoms with Crippen molar-refractivity contribution in [1.82, 2.24) is 10.6 Å². The molecule has 0 saturated carbocycles. The molecule has 1 saturated heterocycles. The third kappa shape index (κ3) is 5.08. The van der Waals surface area contributed by atoms with Gasteiger partial charge in [-0.05, 0) is 54.8 Å². The minimum atomic E-state index is -0.716. The van der Waals surface area contributed by atoms with Crippen molar-refractivity contribution in [3.63, 3.8) is 0 Å². The van der Waals surface area contributed by atoms with Gasteiger partial charge in [0.05, 0.1) is 19.9 Å². The van der Waals surface area contributed by atoms with Crippen molar-refractivity contribution in [1.29, 1.82) is 0 Å². The first-order valence-electron chi connectivity index (χ1n) is 9.70. The van der Waals surface area contributed by atoms with E-state index >= 15 is 0 Å². The first kappa shape index (κ1) is 21.2. The van der Waals surface area contributed by atoms with Crippen LogP contribution in [0.25, 0.3) is 0 Å². The molecule has 0 aliphatic carbocycles. The average Bonchev–Trinajstić information content (AvgIpc) is 3.06. The summed E-state index contributed by atoms with van der Waals surface area (Å²) in [4.78, 5) is 38.0. The largest absolute Gasteiger partial charge is 0.497 e. The van der Waals surface area contributed by atoms with Gasteiger partial charge in [-0.3, -0.25) is 9.59 Å². The van der Waals surface area contributed by atoms with Gasteiger partial charge in [0, 0.05) is 13.0 Å². The highest BCUT2D eigenvalue weighted by molar-refractivity contribution is 6.21. The van der Waals surface area contributed by atoms with Crippen molar-refractivity contribution in [2.75, 3.05) is 25.7 Å². The number of anilines is 1. The third-order valence-corrected chi connectivity index (χ3v) is 4.90. The molecular formula is C22H25N3O5. The average molecular weight is 411 g/mol. The van der Waals surface area contributed by atoms with E-state index in [1.807, 2.05) is 24.3 Å². The van der Waals surface area contributed by atoms with E-state index in [4.69, 9.17) is 9.47 Å². The van der Waals surface area contributed by atoms with Crippen LogP contribution in [-0.2, 0) is 16.0 Å². The van der Waals surface area contributed by atoms with Gasteiger partial charge in [-0.25, -0.2) is 9.69 Å². The zero-order valence-electron chi connectivity index (χ0n) is 17.0. The minimum Gasteiger partial charge on any atom is -0.497 e. The Hall–Kier alpha value is -3.55. The second kappa shape index (κ2) is 9.78. The van der Waals surface area contributed by atoms with Gasteiger partial charge >= 0.3 is 6.03 Å². The predicted molar refractivity (Wildman–Crippen MR) is 112 cm³/mol. The summed E-state index contributed by atoms with van der Waals surface area (Å²) in [5, 5.41) is 5.49. The van der Waals surface area contributed by atoms with E-state index in [-0.39, 0.29) is 24.7 Å². The van der Waals surface area contributed by atoms with E-state index in [1.165, 1.54) is 0 Å². The molecule has 30 heavy (non-hydrogen) atoms. The highest BCUT2D eigenvalue weighted by Crippen LogP contribution is 2.23. The molecule has 4 amide bonds. The van der Waals surface area contributed by atoms with Gasteiger partial charge in [0.15, 0.2) is 0 Å². The molecule has 2 aromatic carbocycles. The monoisotopic (exact) mass is 411 g/mol. The van der Waals surface area contributed by atoms with Crippen LogP contribution in [0.5, 0.6) is 11.5 Å². The highest BCUT2D eigenvalue weighted by atomic mass is 16.5. The van der Waals surface area contributed by atoms with Crippen molar-refractivity contribution < 1.29 is 23.9 Å². The number of nitrogens with zero attached hydrogens (tertiary/aromatic N) is 1. The first-order valence-corrected chi connectivity index (χ1v) is 9.70. The number of urea groups is 1. The number of amides is 4. The minimum absolute atomic E-state index is 0.149. The van der Waals surface area contributed by atoms with E-state index in [9.17, 15) is 14.4 Å². The van der Waals surface area contributed by atoms with Crippen LogP contribution in [0.15, 0.2) is 48.5 Å². The van der Waals surface area contributed by atoms with Gasteiger partial charge in [0.1, 0.15) is 17.5 Å². The Bertz CT molecular complexity index is 896. The van der Waals surface area contributed by atoms with E-state index < -0.39 is 12.1 Å². The number of benzene rings is 2. The zero-order chi connectivity index (χ0) is 21.5. The maximum absolute atomic E-state index is 12.6. The second-order valence-electron chi connectivity index (χ2n) is 6.86. The molecule has 0 bridgehead atoms. The number of imide groups is 1.